The first-order valence-electron chi connectivity index (χ1n) is 5.81. The fraction of sp³-hybridized carbons (Fsp3) is 0.200. The SMILES string of the molecule is CNC(c1ccccc1F)c1ccc(C)cc1Cl. The second kappa shape index (κ2) is 5.51. The first-order valence-corrected chi connectivity index (χ1v) is 6.19. The normalized spacial score (nSPS) is 12.4. The Morgan fingerprint density at radius 2 is 1.83 bits per heavy atom. The molecule has 1 atom stereocenters. The third-order valence-electron chi connectivity index (χ3n) is 2.97. The second-order valence-corrected chi connectivity index (χ2v) is 4.68. The van der Waals surface area contributed by atoms with Gasteiger partial charge in [-0.1, -0.05) is 41.9 Å². The zero-order valence-corrected chi connectivity index (χ0v) is 11.1. The number of aryl methyl sites for hydroxylation is 1. The molecule has 0 saturated carbocycles. The molecular weight excluding hydrogens is 249 g/mol. The first-order chi connectivity index (χ1) is 8.63. The lowest BCUT2D eigenvalue weighted by atomic mass is 9.97. The van der Waals surface area contributed by atoms with E-state index in [2.05, 4.69) is 5.32 Å². The van der Waals surface area contributed by atoms with E-state index in [0.717, 1.165) is 11.1 Å². The van der Waals surface area contributed by atoms with Crippen LogP contribution in [-0.4, -0.2) is 7.05 Å². The molecule has 18 heavy (non-hydrogen) atoms. The van der Waals surface area contributed by atoms with Crippen molar-refractivity contribution in [1.82, 2.24) is 5.32 Å². The van der Waals surface area contributed by atoms with Crippen LogP contribution in [0.25, 0.3) is 0 Å². The minimum Gasteiger partial charge on any atom is -0.309 e. The van der Waals surface area contributed by atoms with Gasteiger partial charge < -0.3 is 5.32 Å². The summed E-state index contributed by atoms with van der Waals surface area (Å²) < 4.78 is 13.8. The van der Waals surface area contributed by atoms with E-state index in [1.807, 2.05) is 31.2 Å². The van der Waals surface area contributed by atoms with Gasteiger partial charge in [0.15, 0.2) is 0 Å². The van der Waals surface area contributed by atoms with Crippen molar-refractivity contribution in [2.45, 2.75) is 13.0 Å². The highest BCUT2D eigenvalue weighted by Crippen LogP contribution is 2.30. The molecule has 1 N–H and O–H groups in total. The van der Waals surface area contributed by atoms with Crippen molar-refractivity contribution >= 4 is 11.6 Å². The maximum absolute atomic E-state index is 13.8. The van der Waals surface area contributed by atoms with Gasteiger partial charge in [0.2, 0.25) is 0 Å². The van der Waals surface area contributed by atoms with E-state index in [4.69, 9.17) is 11.6 Å². The molecule has 0 fully saturated rings. The summed E-state index contributed by atoms with van der Waals surface area (Å²) in [6, 6.07) is 12.3. The predicted octanol–water partition coefficient (Wildman–Crippen LogP) is 4.10. The van der Waals surface area contributed by atoms with Gasteiger partial charge in [0.05, 0.1) is 6.04 Å². The Bertz CT molecular complexity index is 554. The molecule has 0 spiro atoms. The van der Waals surface area contributed by atoms with Gasteiger partial charge in [-0.05, 0) is 37.2 Å². The molecule has 3 heteroatoms. The van der Waals surface area contributed by atoms with Crippen LogP contribution in [0, 0.1) is 12.7 Å². The number of hydrogen-bond donors (Lipinski definition) is 1. The van der Waals surface area contributed by atoms with Gasteiger partial charge >= 0.3 is 0 Å². The van der Waals surface area contributed by atoms with Gasteiger partial charge in [0.25, 0.3) is 0 Å². The molecule has 2 aromatic carbocycles. The molecule has 1 unspecified atom stereocenters. The summed E-state index contributed by atoms with van der Waals surface area (Å²) in [4.78, 5) is 0. The molecule has 0 radical (unpaired) electrons. The minimum atomic E-state index is -0.237. The van der Waals surface area contributed by atoms with Crippen molar-refractivity contribution in [3.8, 4) is 0 Å². The van der Waals surface area contributed by atoms with Crippen LogP contribution in [0.2, 0.25) is 5.02 Å². The molecule has 0 amide bonds. The van der Waals surface area contributed by atoms with Gasteiger partial charge in [-0.25, -0.2) is 4.39 Å². The molecule has 94 valence electrons. The van der Waals surface area contributed by atoms with Gasteiger partial charge in [0.1, 0.15) is 5.82 Å². The van der Waals surface area contributed by atoms with E-state index < -0.39 is 0 Å². The van der Waals surface area contributed by atoms with Crippen LogP contribution in [-0.2, 0) is 0 Å². The number of rotatable bonds is 3. The van der Waals surface area contributed by atoms with Crippen LogP contribution in [0.5, 0.6) is 0 Å². The fourth-order valence-corrected chi connectivity index (χ4v) is 2.40. The zero-order chi connectivity index (χ0) is 13.1. The summed E-state index contributed by atoms with van der Waals surface area (Å²) >= 11 is 6.24. The van der Waals surface area contributed by atoms with Crippen molar-refractivity contribution in [2.75, 3.05) is 7.05 Å². The number of hydrogen-bond acceptors (Lipinski definition) is 1. The van der Waals surface area contributed by atoms with E-state index in [9.17, 15) is 4.39 Å². The van der Waals surface area contributed by atoms with Crippen LogP contribution >= 0.6 is 11.6 Å². The number of halogens is 2. The summed E-state index contributed by atoms with van der Waals surface area (Å²) in [6.45, 7) is 1.98. The molecule has 0 aliphatic rings. The van der Waals surface area contributed by atoms with E-state index in [0.29, 0.717) is 10.6 Å². The Morgan fingerprint density at radius 1 is 1.11 bits per heavy atom. The average Bonchev–Trinajstić information content (AvgIpc) is 2.34. The summed E-state index contributed by atoms with van der Waals surface area (Å²) in [5.74, 6) is -0.228. The molecular formula is C15H15ClFN. The summed E-state index contributed by atoms with van der Waals surface area (Å²) in [5, 5.41) is 3.76. The predicted molar refractivity (Wildman–Crippen MR) is 73.5 cm³/mol. The Labute approximate surface area is 112 Å². The van der Waals surface area contributed by atoms with Gasteiger partial charge in [-0.3, -0.25) is 0 Å². The van der Waals surface area contributed by atoms with Crippen LogP contribution in [0.3, 0.4) is 0 Å². The maximum Gasteiger partial charge on any atom is 0.128 e. The molecule has 2 rings (SSSR count). The number of benzene rings is 2. The van der Waals surface area contributed by atoms with Crippen molar-refractivity contribution in [2.24, 2.45) is 0 Å². The summed E-state index contributed by atoms with van der Waals surface area (Å²) in [5.41, 5.74) is 2.58. The molecule has 0 bridgehead atoms. The first kappa shape index (κ1) is 13.1. The highest BCUT2D eigenvalue weighted by atomic mass is 35.5. The lowest BCUT2D eigenvalue weighted by Gasteiger charge is -2.19. The Balaban J connectivity index is 2.49. The van der Waals surface area contributed by atoms with Crippen LogP contribution in [0.1, 0.15) is 22.7 Å². The van der Waals surface area contributed by atoms with Crippen molar-refractivity contribution < 1.29 is 4.39 Å². The molecule has 0 aromatic heterocycles. The number of nitrogens with one attached hydrogen (secondary N) is 1. The smallest absolute Gasteiger partial charge is 0.128 e. The molecule has 0 aliphatic heterocycles. The van der Waals surface area contributed by atoms with Crippen molar-refractivity contribution in [3.63, 3.8) is 0 Å². The second-order valence-electron chi connectivity index (χ2n) is 4.27. The summed E-state index contributed by atoms with van der Waals surface area (Å²) in [7, 11) is 1.80. The van der Waals surface area contributed by atoms with Crippen molar-refractivity contribution in [3.05, 3.63) is 70.0 Å². The molecule has 0 aliphatic carbocycles. The monoisotopic (exact) mass is 263 g/mol. The van der Waals surface area contributed by atoms with Crippen LogP contribution < -0.4 is 5.32 Å². The molecule has 1 nitrogen and oxygen atoms in total. The third-order valence-corrected chi connectivity index (χ3v) is 3.30. The largest absolute Gasteiger partial charge is 0.309 e. The maximum atomic E-state index is 13.8. The third kappa shape index (κ3) is 2.55. The van der Waals surface area contributed by atoms with Crippen molar-refractivity contribution in [1.29, 1.82) is 0 Å². The van der Waals surface area contributed by atoms with E-state index in [1.54, 1.807) is 19.2 Å². The Morgan fingerprint density at radius 3 is 2.44 bits per heavy atom. The standard InChI is InChI=1S/C15H15ClFN/c1-10-7-8-11(13(16)9-10)15(18-2)12-5-3-4-6-14(12)17/h3-9,15,18H,1-2H3. The fourth-order valence-electron chi connectivity index (χ4n) is 2.05. The van der Waals surface area contributed by atoms with Gasteiger partial charge in [-0.15, -0.1) is 0 Å². The Hall–Kier alpha value is -1.38. The highest BCUT2D eigenvalue weighted by molar-refractivity contribution is 6.31. The quantitative estimate of drug-likeness (QED) is 0.879. The molecule has 2 aromatic rings. The van der Waals surface area contributed by atoms with Gasteiger partial charge in [0, 0.05) is 10.6 Å². The zero-order valence-electron chi connectivity index (χ0n) is 10.4. The van der Waals surface area contributed by atoms with E-state index >= 15 is 0 Å². The minimum absolute atomic E-state index is 0.228. The highest BCUT2D eigenvalue weighted by Gasteiger charge is 2.18. The van der Waals surface area contributed by atoms with Crippen LogP contribution in [0.15, 0.2) is 42.5 Å². The van der Waals surface area contributed by atoms with Crippen LogP contribution in [0.4, 0.5) is 4.39 Å². The van der Waals surface area contributed by atoms with E-state index in [-0.39, 0.29) is 11.9 Å². The lowest BCUT2D eigenvalue weighted by molar-refractivity contribution is 0.576. The van der Waals surface area contributed by atoms with Gasteiger partial charge in [-0.2, -0.15) is 0 Å². The Kier molecular flexibility index (Phi) is 4.00. The average molecular weight is 264 g/mol. The summed E-state index contributed by atoms with van der Waals surface area (Å²) in [6.07, 6.45) is 0. The van der Waals surface area contributed by atoms with E-state index in [1.165, 1.54) is 6.07 Å². The molecule has 0 saturated heterocycles. The topological polar surface area (TPSA) is 12.0 Å². The molecule has 0 heterocycles. The lowest BCUT2D eigenvalue weighted by Crippen LogP contribution is -2.19.